The van der Waals surface area contributed by atoms with E-state index < -0.39 is 0 Å². The molecule has 27 heavy (non-hydrogen) atoms. The van der Waals surface area contributed by atoms with Crippen molar-refractivity contribution < 1.29 is 14.2 Å². The van der Waals surface area contributed by atoms with Crippen LogP contribution >= 0.6 is 8.46 Å². The molecule has 2 aromatic rings. The molecule has 2 aromatic carbocycles. The average Bonchev–Trinajstić information content (AvgIpc) is 2.66. The molecule has 4 heteroatoms. The van der Waals surface area contributed by atoms with E-state index in [1.54, 1.807) is 30.3 Å². The van der Waals surface area contributed by atoms with E-state index in [9.17, 15) is 14.2 Å². The summed E-state index contributed by atoms with van der Waals surface area (Å²) in [6.07, 6.45) is 4.39. The van der Waals surface area contributed by atoms with Crippen molar-refractivity contribution in [1.82, 2.24) is 0 Å². The first-order valence-electron chi connectivity index (χ1n) is 9.44. The molecule has 0 heterocycles. The van der Waals surface area contributed by atoms with Crippen molar-refractivity contribution in [2.45, 2.75) is 52.4 Å². The summed E-state index contributed by atoms with van der Waals surface area (Å²) in [4.78, 5) is 25.3. The van der Waals surface area contributed by atoms with Gasteiger partial charge in [0, 0.05) is 28.4 Å². The Hall–Kier alpha value is -2.12. The highest BCUT2D eigenvalue weighted by molar-refractivity contribution is 7.23. The van der Waals surface area contributed by atoms with E-state index in [1.807, 2.05) is 12.1 Å². The average molecular weight is 382 g/mol. The van der Waals surface area contributed by atoms with Crippen LogP contribution in [0, 0.1) is 0 Å². The highest BCUT2D eigenvalue weighted by atomic mass is 31.1. The molecule has 0 saturated heterocycles. The molecule has 142 valence electrons. The summed E-state index contributed by atoms with van der Waals surface area (Å²) in [6.45, 7) is 8.31. The number of hydrogen-bond acceptors (Lipinski definition) is 3. The number of hydrogen-bond donors (Lipinski definition) is 0. The lowest BCUT2D eigenvalue weighted by Crippen LogP contribution is -2.26. The quantitative estimate of drug-likeness (QED) is 0.397. The predicted molar refractivity (Wildman–Crippen MR) is 110 cm³/mol. The van der Waals surface area contributed by atoms with Crippen LogP contribution < -0.4 is 0 Å². The summed E-state index contributed by atoms with van der Waals surface area (Å²) in [5.41, 5.74) is 2.89. The molecule has 0 radical (unpaired) electrons. The Balaban J connectivity index is 0.000000321. The molecule has 0 amide bonds. The number of carbonyl (C=O) groups excluding carboxylic acids is 2. The van der Waals surface area contributed by atoms with Gasteiger partial charge in [0.15, 0.2) is 20.0 Å². The third-order valence-corrected chi connectivity index (χ3v) is 5.11. The Morgan fingerprint density at radius 1 is 0.815 bits per heavy atom. The molecule has 3 rings (SSSR count). The fourth-order valence-corrected chi connectivity index (χ4v) is 3.55. The molecule has 0 aliphatic heterocycles. The molecule has 0 bridgehead atoms. The summed E-state index contributed by atoms with van der Waals surface area (Å²) >= 11 is 0. The number of ketones is 2. The van der Waals surface area contributed by atoms with Gasteiger partial charge < -0.3 is 0 Å². The zero-order chi connectivity index (χ0) is 20.0. The lowest BCUT2D eigenvalue weighted by Gasteiger charge is -2.26. The van der Waals surface area contributed by atoms with Gasteiger partial charge in [0.2, 0.25) is 0 Å². The van der Waals surface area contributed by atoms with Gasteiger partial charge in [0.25, 0.3) is 0 Å². The van der Waals surface area contributed by atoms with E-state index in [1.165, 1.54) is 12.8 Å². The van der Waals surface area contributed by atoms with Crippen LogP contribution in [0.3, 0.4) is 0 Å². The van der Waals surface area contributed by atoms with E-state index in [2.05, 4.69) is 27.7 Å². The highest BCUT2D eigenvalue weighted by Crippen LogP contribution is 2.34. The van der Waals surface area contributed by atoms with Crippen LogP contribution in [0.15, 0.2) is 42.5 Å². The molecule has 3 nitrogen and oxygen atoms in total. The lowest BCUT2D eigenvalue weighted by atomic mass is 9.75. The summed E-state index contributed by atoms with van der Waals surface area (Å²) in [5.74, 6) is -0.0953. The summed E-state index contributed by atoms with van der Waals surface area (Å²) in [5, 5.41) is 0. The van der Waals surface area contributed by atoms with Gasteiger partial charge in [-0.25, -0.2) is 0 Å². The lowest BCUT2D eigenvalue weighted by molar-refractivity contribution is 0.0977. The van der Waals surface area contributed by atoms with Crippen LogP contribution in [0.1, 0.15) is 84.4 Å². The molecular weight excluding hydrogens is 355 g/mol. The van der Waals surface area contributed by atoms with Crippen molar-refractivity contribution in [1.29, 1.82) is 0 Å². The summed E-state index contributed by atoms with van der Waals surface area (Å²) in [6, 6.07) is 12.6. The minimum Gasteiger partial charge on any atom is -0.289 e. The molecule has 0 atom stereocenters. The topological polar surface area (TPSA) is 51.2 Å². The number of rotatable bonds is 4. The second-order valence-corrected chi connectivity index (χ2v) is 8.45. The van der Waals surface area contributed by atoms with Gasteiger partial charge in [-0.15, -0.1) is 0 Å². The van der Waals surface area contributed by atoms with Crippen LogP contribution in [-0.2, 0) is 9.98 Å². The van der Waals surface area contributed by atoms with Crippen molar-refractivity contribution in [2.75, 3.05) is 6.16 Å². The van der Waals surface area contributed by atoms with Gasteiger partial charge in [-0.2, -0.15) is 0 Å². The van der Waals surface area contributed by atoms with E-state index in [0.717, 1.165) is 18.1 Å². The molecule has 0 unspecified atom stereocenters. The molecule has 1 aliphatic rings. The van der Waals surface area contributed by atoms with Crippen LogP contribution in [0.5, 0.6) is 0 Å². The molecule has 0 aromatic heterocycles. The van der Waals surface area contributed by atoms with Crippen LogP contribution in [0.4, 0.5) is 0 Å². The molecule has 0 fully saturated rings. The van der Waals surface area contributed by atoms with E-state index in [4.69, 9.17) is 0 Å². The fourth-order valence-electron chi connectivity index (χ4n) is 3.20. The van der Waals surface area contributed by atoms with Gasteiger partial charge in [0.05, 0.1) is 0 Å². The molecule has 0 N–H and O–H groups in total. The van der Waals surface area contributed by atoms with Crippen molar-refractivity contribution >= 4 is 20.0 Å². The first kappa shape index (κ1) is 21.2. The van der Waals surface area contributed by atoms with Gasteiger partial charge in [-0.05, 0) is 17.4 Å². The van der Waals surface area contributed by atoms with Crippen molar-refractivity contribution in [3.05, 3.63) is 70.3 Å². The van der Waals surface area contributed by atoms with E-state index in [-0.39, 0.29) is 17.0 Å². The largest absolute Gasteiger partial charge is 0.289 e. The monoisotopic (exact) mass is 382 g/mol. The minimum atomic E-state index is -0.173. The maximum absolute atomic E-state index is 12.8. The van der Waals surface area contributed by atoms with Crippen molar-refractivity contribution in [2.24, 2.45) is 0 Å². The molecule has 0 spiro atoms. The first-order chi connectivity index (χ1) is 12.8. The Bertz CT molecular complexity index is 847. The molecular formula is C23H27O3P. The number of fused-ring (bicyclic) bond motifs is 2. The number of benzene rings is 2. The van der Waals surface area contributed by atoms with Gasteiger partial charge in [-0.3, -0.25) is 14.2 Å². The van der Waals surface area contributed by atoms with Gasteiger partial charge in [-0.1, -0.05) is 83.0 Å². The Morgan fingerprint density at radius 2 is 1.41 bits per heavy atom. The van der Waals surface area contributed by atoms with Crippen LogP contribution in [0.25, 0.3) is 0 Å². The maximum atomic E-state index is 12.8. The SMILES string of the molecule is CC(C)(C)c1cccc2c1C(=O)c1ccccc1C2=O.CCCCCP=O. The number of unbranched alkanes of at least 4 members (excludes halogenated alkanes) is 2. The molecule has 0 saturated carbocycles. The Labute approximate surface area is 163 Å². The third kappa shape index (κ3) is 4.78. The zero-order valence-electron chi connectivity index (χ0n) is 16.5. The van der Waals surface area contributed by atoms with E-state index in [0.29, 0.717) is 30.7 Å². The minimum absolute atomic E-state index is 0.0410. The van der Waals surface area contributed by atoms with Crippen molar-refractivity contribution in [3.8, 4) is 0 Å². The zero-order valence-corrected chi connectivity index (χ0v) is 17.4. The van der Waals surface area contributed by atoms with Crippen LogP contribution in [-0.4, -0.2) is 17.7 Å². The van der Waals surface area contributed by atoms with Gasteiger partial charge in [0.1, 0.15) is 0 Å². The predicted octanol–water partition coefficient (Wildman–Crippen LogP) is 6.23. The standard InChI is InChI=1S/C18H16O2.C5H11OP/c1-18(2,3)14-10-6-9-13-15(14)17(20)12-8-5-4-7-11(12)16(13)19;1-2-3-4-5-7-6/h4-10H,1-3H3;2-5H2,1H3. The Morgan fingerprint density at radius 3 is 1.96 bits per heavy atom. The fraction of sp³-hybridized carbons (Fsp3) is 0.391. The van der Waals surface area contributed by atoms with Crippen molar-refractivity contribution in [3.63, 3.8) is 0 Å². The smallest absolute Gasteiger partial charge is 0.194 e. The van der Waals surface area contributed by atoms with E-state index >= 15 is 0 Å². The van der Waals surface area contributed by atoms with Gasteiger partial charge >= 0.3 is 0 Å². The second kappa shape index (κ2) is 9.19. The second-order valence-electron chi connectivity index (χ2n) is 7.74. The highest BCUT2D eigenvalue weighted by Gasteiger charge is 2.33. The third-order valence-electron chi connectivity index (χ3n) is 4.61. The summed E-state index contributed by atoms with van der Waals surface area (Å²) in [7, 11) is 0.305. The Kier molecular flexibility index (Phi) is 7.21. The normalized spacial score (nSPS) is 12.9. The maximum Gasteiger partial charge on any atom is 0.194 e. The molecule has 1 aliphatic carbocycles. The number of carbonyl (C=O) groups is 2. The van der Waals surface area contributed by atoms with Crippen LogP contribution in [0.2, 0.25) is 0 Å². The summed E-state index contributed by atoms with van der Waals surface area (Å²) < 4.78 is 9.78. The first-order valence-corrected chi connectivity index (χ1v) is 10.4.